The number of rotatable bonds is 7. The SMILES string of the molecule is CCCCC[C@H]1CC[C@H](/C=C/C#C[C@H]2CC[C@H](OC(F)F)CC2)CC1. The van der Waals surface area contributed by atoms with Crippen molar-refractivity contribution in [2.75, 3.05) is 0 Å². The van der Waals surface area contributed by atoms with Gasteiger partial charge < -0.3 is 4.74 Å². The lowest BCUT2D eigenvalue weighted by Crippen LogP contribution is -2.23. The van der Waals surface area contributed by atoms with Crippen LogP contribution in [-0.4, -0.2) is 12.7 Å². The Hall–Kier alpha value is -0.880. The molecule has 0 N–H and O–H groups in total. The molecule has 0 atom stereocenters. The molecule has 142 valence electrons. The van der Waals surface area contributed by atoms with Crippen LogP contribution in [0.1, 0.15) is 84.0 Å². The first-order chi connectivity index (χ1) is 12.2. The first kappa shape index (κ1) is 20.4. The number of alkyl halides is 2. The summed E-state index contributed by atoms with van der Waals surface area (Å²) in [5.41, 5.74) is 0. The van der Waals surface area contributed by atoms with Crippen LogP contribution in [0.5, 0.6) is 0 Å². The molecule has 0 aliphatic heterocycles. The van der Waals surface area contributed by atoms with Gasteiger partial charge in [-0.25, -0.2) is 0 Å². The average molecular weight is 353 g/mol. The molecule has 0 unspecified atom stereocenters. The van der Waals surface area contributed by atoms with Crippen LogP contribution < -0.4 is 0 Å². The summed E-state index contributed by atoms with van der Waals surface area (Å²) in [6.45, 7) is -0.372. The monoisotopic (exact) mass is 352 g/mol. The predicted octanol–water partition coefficient (Wildman–Crippen LogP) is 6.73. The summed E-state index contributed by atoms with van der Waals surface area (Å²) in [5.74, 6) is 8.49. The molecule has 0 saturated heterocycles. The van der Waals surface area contributed by atoms with Crippen LogP contribution in [0.15, 0.2) is 12.2 Å². The zero-order valence-corrected chi connectivity index (χ0v) is 15.7. The maximum Gasteiger partial charge on any atom is 0.345 e. The fourth-order valence-corrected chi connectivity index (χ4v) is 4.19. The quantitative estimate of drug-likeness (QED) is 0.364. The minimum atomic E-state index is -2.64. The van der Waals surface area contributed by atoms with Crippen LogP contribution >= 0.6 is 0 Å². The smallest absolute Gasteiger partial charge is 0.320 e. The molecule has 2 aliphatic rings. The largest absolute Gasteiger partial charge is 0.345 e. The van der Waals surface area contributed by atoms with E-state index in [9.17, 15) is 8.78 Å². The Bertz CT molecular complexity index is 433. The molecule has 0 radical (unpaired) electrons. The summed E-state index contributed by atoms with van der Waals surface area (Å²) in [5, 5.41) is 0. The van der Waals surface area contributed by atoms with Crippen molar-refractivity contribution in [3.63, 3.8) is 0 Å². The predicted molar refractivity (Wildman–Crippen MR) is 99.3 cm³/mol. The van der Waals surface area contributed by atoms with Gasteiger partial charge in [-0.15, -0.1) is 0 Å². The van der Waals surface area contributed by atoms with Crippen LogP contribution in [-0.2, 0) is 4.74 Å². The van der Waals surface area contributed by atoms with Gasteiger partial charge in [-0.2, -0.15) is 8.78 Å². The van der Waals surface area contributed by atoms with Crippen molar-refractivity contribution in [1.82, 2.24) is 0 Å². The van der Waals surface area contributed by atoms with Gasteiger partial charge in [-0.3, -0.25) is 0 Å². The number of halogens is 2. The average Bonchev–Trinajstić information content (AvgIpc) is 2.61. The van der Waals surface area contributed by atoms with Crippen molar-refractivity contribution in [3.8, 4) is 11.8 Å². The number of hydrogen-bond acceptors (Lipinski definition) is 1. The summed E-state index contributed by atoms with van der Waals surface area (Å²) in [7, 11) is 0. The molecule has 0 heterocycles. The lowest BCUT2D eigenvalue weighted by Gasteiger charge is -2.26. The second kappa shape index (κ2) is 11.7. The topological polar surface area (TPSA) is 9.23 Å². The summed E-state index contributed by atoms with van der Waals surface area (Å²) in [6, 6.07) is 0. The van der Waals surface area contributed by atoms with E-state index in [2.05, 4.69) is 29.6 Å². The minimum absolute atomic E-state index is 0.277. The van der Waals surface area contributed by atoms with Gasteiger partial charge in [-0.1, -0.05) is 50.5 Å². The standard InChI is InChI=1S/C22H34F2O/c1-2-3-4-7-18-10-12-19(13-11-18)8-5-6-9-20-14-16-21(17-15-20)25-22(23)24/h5,8,18-22H,2-4,7,10-17H2,1H3/b8-5+/t18-,19-,20-,21-. The molecular formula is C22H34F2O. The zero-order chi connectivity index (χ0) is 17.9. The zero-order valence-electron chi connectivity index (χ0n) is 15.7. The Morgan fingerprint density at radius 2 is 1.72 bits per heavy atom. The number of unbranched alkanes of at least 4 members (excludes halogenated alkanes) is 2. The van der Waals surface area contributed by atoms with E-state index in [4.69, 9.17) is 0 Å². The maximum atomic E-state index is 12.2. The fourth-order valence-electron chi connectivity index (χ4n) is 4.19. The van der Waals surface area contributed by atoms with Gasteiger partial charge in [0.05, 0.1) is 6.10 Å². The second-order valence-corrected chi connectivity index (χ2v) is 7.79. The highest BCUT2D eigenvalue weighted by atomic mass is 19.3. The van der Waals surface area contributed by atoms with Crippen molar-refractivity contribution in [2.45, 2.75) is 96.7 Å². The van der Waals surface area contributed by atoms with Crippen molar-refractivity contribution in [3.05, 3.63) is 12.2 Å². The van der Waals surface area contributed by atoms with Gasteiger partial charge in [0.1, 0.15) is 0 Å². The van der Waals surface area contributed by atoms with Crippen LogP contribution in [0, 0.1) is 29.6 Å². The third kappa shape index (κ3) is 8.36. The molecule has 25 heavy (non-hydrogen) atoms. The molecule has 2 rings (SSSR count). The molecule has 2 saturated carbocycles. The van der Waals surface area contributed by atoms with Crippen molar-refractivity contribution in [2.24, 2.45) is 17.8 Å². The van der Waals surface area contributed by atoms with E-state index in [1.54, 1.807) is 0 Å². The molecule has 0 aromatic carbocycles. The van der Waals surface area contributed by atoms with Gasteiger partial charge in [0.25, 0.3) is 0 Å². The van der Waals surface area contributed by atoms with Gasteiger partial charge in [0, 0.05) is 5.92 Å². The van der Waals surface area contributed by atoms with Crippen LogP contribution in [0.3, 0.4) is 0 Å². The van der Waals surface area contributed by atoms with Crippen molar-refractivity contribution in [1.29, 1.82) is 0 Å². The highest BCUT2D eigenvalue weighted by molar-refractivity contribution is 5.18. The fraction of sp³-hybridized carbons (Fsp3) is 0.818. The number of ether oxygens (including phenoxy) is 1. The van der Waals surface area contributed by atoms with Crippen molar-refractivity contribution >= 4 is 0 Å². The Morgan fingerprint density at radius 1 is 1.00 bits per heavy atom. The highest BCUT2D eigenvalue weighted by Gasteiger charge is 2.23. The van der Waals surface area contributed by atoms with E-state index < -0.39 is 6.61 Å². The minimum Gasteiger partial charge on any atom is -0.320 e. The molecule has 0 aromatic heterocycles. The Morgan fingerprint density at radius 3 is 2.36 bits per heavy atom. The van der Waals surface area contributed by atoms with Gasteiger partial charge in [-0.05, 0) is 69.3 Å². The van der Waals surface area contributed by atoms with Gasteiger partial charge >= 0.3 is 6.61 Å². The second-order valence-electron chi connectivity index (χ2n) is 7.79. The van der Waals surface area contributed by atoms with Crippen LogP contribution in [0.4, 0.5) is 8.78 Å². The lowest BCUT2D eigenvalue weighted by atomic mass is 9.79. The molecule has 2 fully saturated rings. The third-order valence-electron chi connectivity index (χ3n) is 5.82. The third-order valence-corrected chi connectivity index (χ3v) is 5.82. The van der Waals surface area contributed by atoms with Gasteiger partial charge in [0.15, 0.2) is 0 Å². The van der Waals surface area contributed by atoms with E-state index in [1.165, 1.54) is 51.4 Å². The molecule has 2 aliphatic carbocycles. The molecule has 0 aromatic rings. The molecular weight excluding hydrogens is 318 g/mol. The maximum absolute atomic E-state index is 12.2. The van der Waals surface area contributed by atoms with Gasteiger partial charge in [0.2, 0.25) is 0 Å². The molecule has 0 bridgehead atoms. The van der Waals surface area contributed by atoms with Crippen LogP contribution in [0.25, 0.3) is 0 Å². The van der Waals surface area contributed by atoms with Crippen LogP contribution in [0.2, 0.25) is 0 Å². The number of allylic oxidation sites excluding steroid dienone is 2. The highest BCUT2D eigenvalue weighted by Crippen LogP contribution is 2.32. The molecule has 3 heteroatoms. The molecule has 0 amide bonds. The lowest BCUT2D eigenvalue weighted by molar-refractivity contribution is -0.170. The summed E-state index contributed by atoms with van der Waals surface area (Å²) in [6.07, 6.45) is 18.1. The van der Waals surface area contributed by atoms with Crippen molar-refractivity contribution < 1.29 is 13.5 Å². The van der Waals surface area contributed by atoms with E-state index in [-0.39, 0.29) is 6.10 Å². The molecule has 0 spiro atoms. The Kier molecular flexibility index (Phi) is 9.55. The van der Waals surface area contributed by atoms with E-state index in [0.717, 1.165) is 18.8 Å². The van der Waals surface area contributed by atoms with E-state index in [1.807, 2.05) is 6.08 Å². The summed E-state index contributed by atoms with van der Waals surface area (Å²) < 4.78 is 29.0. The summed E-state index contributed by atoms with van der Waals surface area (Å²) in [4.78, 5) is 0. The normalized spacial score (nSPS) is 30.4. The van der Waals surface area contributed by atoms with E-state index >= 15 is 0 Å². The first-order valence-corrected chi connectivity index (χ1v) is 10.3. The number of hydrogen-bond donors (Lipinski definition) is 0. The first-order valence-electron chi connectivity index (χ1n) is 10.3. The Labute approximate surface area is 152 Å². The Balaban J connectivity index is 1.60. The molecule has 1 nitrogen and oxygen atoms in total. The summed E-state index contributed by atoms with van der Waals surface area (Å²) >= 11 is 0. The van der Waals surface area contributed by atoms with E-state index in [0.29, 0.717) is 24.7 Å².